The molecule has 1 rings (SSSR count). The first-order valence-corrected chi connectivity index (χ1v) is 5.23. The summed E-state index contributed by atoms with van der Waals surface area (Å²) in [6.45, 7) is 8.12. The fourth-order valence-corrected chi connectivity index (χ4v) is 0.883. The maximum atomic E-state index is 9.98. The lowest BCUT2D eigenvalue weighted by molar-refractivity contribution is -0.140. The van der Waals surface area contributed by atoms with E-state index in [4.69, 9.17) is 0 Å². The third-order valence-electron chi connectivity index (χ3n) is 1.73. The highest BCUT2D eigenvalue weighted by atomic mass is 16.5. The SMILES string of the molecule is CCCOC(C)=O.Cc1ccc(C)cc1. The molecule has 2 heteroatoms. The Bertz CT molecular complexity index is 254. The second-order valence-electron chi connectivity index (χ2n) is 3.49. The molecule has 0 fully saturated rings. The molecule has 0 unspecified atom stereocenters. The van der Waals surface area contributed by atoms with E-state index in [1.807, 2.05) is 6.92 Å². The van der Waals surface area contributed by atoms with Gasteiger partial charge in [0, 0.05) is 6.92 Å². The van der Waals surface area contributed by atoms with Crippen molar-refractivity contribution < 1.29 is 9.53 Å². The number of esters is 1. The number of hydrogen-bond donors (Lipinski definition) is 0. The van der Waals surface area contributed by atoms with E-state index in [9.17, 15) is 4.79 Å². The summed E-state index contributed by atoms with van der Waals surface area (Å²) in [5.74, 6) is -0.193. The predicted molar refractivity (Wildman–Crippen MR) is 62.8 cm³/mol. The summed E-state index contributed by atoms with van der Waals surface area (Å²) < 4.78 is 4.55. The van der Waals surface area contributed by atoms with Gasteiger partial charge < -0.3 is 4.74 Å². The average Bonchev–Trinajstić information content (AvgIpc) is 2.20. The highest BCUT2D eigenvalue weighted by Gasteiger charge is 1.85. The van der Waals surface area contributed by atoms with Gasteiger partial charge in [0.15, 0.2) is 0 Å². The smallest absolute Gasteiger partial charge is 0.302 e. The molecule has 0 spiro atoms. The summed E-state index contributed by atoms with van der Waals surface area (Å²) >= 11 is 0. The van der Waals surface area contributed by atoms with Gasteiger partial charge in [-0.2, -0.15) is 0 Å². The molecule has 0 heterocycles. The number of aryl methyl sites for hydroxylation is 2. The summed E-state index contributed by atoms with van der Waals surface area (Å²) in [5.41, 5.74) is 2.66. The normalized spacial score (nSPS) is 8.80. The first kappa shape index (κ1) is 13.7. The van der Waals surface area contributed by atoms with Gasteiger partial charge in [0.1, 0.15) is 0 Å². The molecule has 84 valence electrons. The van der Waals surface area contributed by atoms with Crippen molar-refractivity contribution >= 4 is 5.97 Å². The fraction of sp³-hybridized carbons (Fsp3) is 0.462. The molecule has 0 aliphatic carbocycles. The lowest BCUT2D eigenvalue weighted by Gasteiger charge is -1.93. The number of carbonyl (C=O) groups excluding carboxylic acids is 1. The van der Waals surface area contributed by atoms with Gasteiger partial charge in [0.2, 0.25) is 0 Å². The monoisotopic (exact) mass is 208 g/mol. The summed E-state index contributed by atoms with van der Waals surface area (Å²) in [6.07, 6.45) is 0.902. The van der Waals surface area contributed by atoms with Crippen LogP contribution in [0.2, 0.25) is 0 Å². The molecule has 0 aromatic heterocycles. The van der Waals surface area contributed by atoms with Gasteiger partial charge in [-0.05, 0) is 20.3 Å². The minimum absolute atomic E-state index is 0.193. The highest BCUT2D eigenvalue weighted by molar-refractivity contribution is 5.65. The van der Waals surface area contributed by atoms with Crippen LogP contribution < -0.4 is 0 Å². The molecule has 0 bridgehead atoms. The van der Waals surface area contributed by atoms with Crippen LogP contribution in [0, 0.1) is 13.8 Å². The van der Waals surface area contributed by atoms with Crippen molar-refractivity contribution in [3.63, 3.8) is 0 Å². The molecule has 0 N–H and O–H groups in total. The van der Waals surface area contributed by atoms with Crippen LogP contribution in [0.4, 0.5) is 0 Å². The summed E-state index contributed by atoms with van der Waals surface area (Å²) in [5, 5.41) is 0. The average molecular weight is 208 g/mol. The van der Waals surface area contributed by atoms with E-state index < -0.39 is 0 Å². The number of rotatable bonds is 2. The second-order valence-corrected chi connectivity index (χ2v) is 3.49. The molecule has 0 saturated heterocycles. The van der Waals surface area contributed by atoms with Crippen molar-refractivity contribution in [1.82, 2.24) is 0 Å². The minimum atomic E-state index is -0.193. The Morgan fingerprint density at radius 3 is 1.73 bits per heavy atom. The van der Waals surface area contributed by atoms with Gasteiger partial charge in [-0.3, -0.25) is 4.79 Å². The first-order valence-electron chi connectivity index (χ1n) is 5.23. The predicted octanol–water partition coefficient (Wildman–Crippen LogP) is 3.26. The van der Waals surface area contributed by atoms with Crippen LogP contribution in [0.15, 0.2) is 24.3 Å². The maximum Gasteiger partial charge on any atom is 0.302 e. The molecule has 1 aromatic rings. The molecule has 0 amide bonds. The van der Waals surface area contributed by atoms with Gasteiger partial charge in [-0.25, -0.2) is 0 Å². The van der Waals surface area contributed by atoms with Crippen molar-refractivity contribution in [3.05, 3.63) is 35.4 Å². The van der Waals surface area contributed by atoms with E-state index in [0.29, 0.717) is 6.61 Å². The van der Waals surface area contributed by atoms with E-state index in [1.54, 1.807) is 0 Å². The van der Waals surface area contributed by atoms with Crippen LogP contribution in [0.3, 0.4) is 0 Å². The molecule has 1 aromatic carbocycles. The molecular formula is C13H20O2. The van der Waals surface area contributed by atoms with Crippen molar-refractivity contribution in [2.45, 2.75) is 34.1 Å². The Morgan fingerprint density at radius 1 is 1.13 bits per heavy atom. The largest absolute Gasteiger partial charge is 0.466 e. The lowest BCUT2D eigenvalue weighted by atomic mass is 10.2. The molecule has 0 aliphatic rings. The Kier molecular flexibility index (Phi) is 7.33. The van der Waals surface area contributed by atoms with Gasteiger partial charge in [0.05, 0.1) is 6.61 Å². The van der Waals surface area contributed by atoms with Crippen molar-refractivity contribution in [2.75, 3.05) is 6.61 Å². The lowest BCUT2D eigenvalue weighted by Crippen LogP contribution is -1.98. The van der Waals surface area contributed by atoms with Crippen molar-refractivity contribution in [3.8, 4) is 0 Å². The van der Waals surface area contributed by atoms with E-state index >= 15 is 0 Å². The number of carbonyl (C=O) groups is 1. The van der Waals surface area contributed by atoms with Crippen LogP contribution >= 0.6 is 0 Å². The third-order valence-corrected chi connectivity index (χ3v) is 1.73. The Morgan fingerprint density at radius 2 is 1.53 bits per heavy atom. The van der Waals surface area contributed by atoms with Gasteiger partial charge in [-0.15, -0.1) is 0 Å². The number of hydrogen-bond acceptors (Lipinski definition) is 2. The summed E-state index contributed by atoms with van der Waals surface area (Å²) in [4.78, 5) is 9.98. The molecule has 0 radical (unpaired) electrons. The van der Waals surface area contributed by atoms with E-state index in [0.717, 1.165) is 6.42 Å². The molecule has 0 saturated carbocycles. The van der Waals surface area contributed by atoms with Crippen LogP contribution in [-0.2, 0) is 9.53 Å². The molecule has 2 nitrogen and oxygen atoms in total. The fourth-order valence-electron chi connectivity index (χ4n) is 0.883. The highest BCUT2D eigenvalue weighted by Crippen LogP contribution is 1.99. The van der Waals surface area contributed by atoms with Crippen LogP contribution in [-0.4, -0.2) is 12.6 Å². The quantitative estimate of drug-likeness (QED) is 0.697. The molecule has 0 atom stereocenters. The van der Waals surface area contributed by atoms with Gasteiger partial charge >= 0.3 is 5.97 Å². The Labute approximate surface area is 92.3 Å². The second kappa shape index (κ2) is 8.04. The maximum absolute atomic E-state index is 9.98. The molecule has 0 aliphatic heterocycles. The number of ether oxygens (including phenoxy) is 1. The zero-order chi connectivity index (χ0) is 11.7. The third kappa shape index (κ3) is 9.01. The Hall–Kier alpha value is -1.31. The standard InChI is InChI=1S/C8H10.C5H10O2/c1-7-3-5-8(2)6-4-7;1-3-4-7-5(2)6/h3-6H,1-2H3;3-4H2,1-2H3. The van der Waals surface area contributed by atoms with Gasteiger partial charge in [0.25, 0.3) is 0 Å². The van der Waals surface area contributed by atoms with E-state index in [2.05, 4.69) is 42.8 Å². The van der Waals surface area contributed by atoms with E-state index in [1.165, 1.54) is 18.1 Å². The van der Waals surface area contributed by atoms with E-state index in [-0.39, 0.29) is 5.97 Å². The first-order chi connectivity index (χ1) is 7.06. The Balaban J connectivity index is 0.000000265. The zero-order valence-electron chi connectivity index (χ0n) is 10.0. The number of benzene rings is 1. The topological polar surface area (TPSA) is 26.3 Å². The van der Waals surface area contributed by atoms with Crippen molar-refractivity contribution in [1.29, 1.82) is 0 Å². The summed E-state index contributed by atoms with van der Waals surface area (Å²) in [6, 6.07) is 8.48. The molecular weight excluding hydrogens is 188 g/mol. The van der Waals surface area contributed by atoms with Crippen LogP contribution in [0.1, 0.15) is 31.4 Å². The van der Waals surface area contributed by atoms with Crippen LogP contribution in [0.25, 0.3) is 0 Å². The molecule has 15 heavy (non-hydrogen) atoms. The van der Waals surface area contributed by atoms with Crippen molar-refractivity contribution in [2.24, 2.45) is 0 Å². The summed E-state index contributed by atoms with van der Waals surface area (Å²) in [7, 11) is 0. The van der Waals surface area contributed by atoms with Crippen LogP contribution in [0.5, 0.6) is 0 Å². The van der Waals surface area contributed by atoms with Gasteiger partial charge in [-0.1, -0.05) is 42.3 Å². The minimum Gasteiger partial charge on any atom is -0.466 e. The zero-order valence-corrected chi connectivity index (χ0v) is 10.0.